The van der Waals surface area contributed by atoms with Crippen molar-refractivity contribution < 1.29 is 0 Å². The topological polar surface area (TPSA) is 34.0 Å². The molecule has 0 aliphatic heterocycles. The molecule has 0 aliphatic carbocycles. The number of benzene rings is 2. The van der Waals surface area contributed by atoms with Gasteiger partial charge in [0.1, 0.15) is 11.0 Å². The number of allylic oxidation sites excluding steroid dienone is 1. The second kappa shape index (κ2) is 5.79. The standard InChI is InChI=1S/C17H18N4/c1-3-9-17(20(2)14-10-5-4-6-11-14)21-18-15-12-7-8-13-16(15)19-21/h4-13H,3H2,1-2H3/b17-9-. The number of hydrogen-bond acceptors (Lipinski definition) is 3. The lowest BCUT2D eigenvalue weighted by Crippen LogP contribution is -2.21. The largest absolute Gasteiger partial charge is 0.328 e. The van der Waals surface area contributed by atoms with E-state index in [0.717, 1.165) is 29.0 Å². The SMILES string of the molecule is CC/C=C(/N(C)c1ccccc1)n1nc2ccccc2n1. The summed E-state index contributed by atoms with van der Waals surface area (Å²) in [5, 5.41) is 9.15. The summed E-state index contributed by atoms with van der Waals surface area (Å²) in [6.07, 6.45) is 3.05. The molecular formula is C17H18N4. The highest BCUT2D eigenvalue weighted by Gasteiger charge is 2.12. The fraction of sp³-hybridized carbons (Fsp3) is 0.176. The van der Waals surface area contributed by atoms with E-state index in [1.165, 1.54) is 0 Å². The van der Waals surface area contributed by atoms with Gasteiger partial charge in [-0.25, -0.2) is 0 Å². The number of rotatable bonds is 4. The maximum Gasteiger partial charge on any atom is 0.151 e. The molecule has 0 spiro atoms. The minimum Gasteiger partial charge on any atom is -0.328 e. The third-order valence-electron chi connectivity index (χ3n) is 3.37. The lowest BCUT2D eigenvalue weighted by atomic mass is 10.3. The molecule has 4 nitrogen and oxygen atoms in total. The quantitative estimate of drug-likeness (QED) is 0.728. The van der Waals surface area contributed by atoms with Crippen molar-refractivity contribution in [3.05, 3.63) is 60.7 Å². The van der Waals surface area contributed by atoms with Gasteiger partial charge in [0.05, 0.1) is 0 Å². The first-order chi connectivity index (χ1) is 10.3. The molecule has 1 aromatic heterocycles. The fourth-order valence-corrected chi connectivity index (χ4v) is 2.28. The molecule has 0 atom stereocenters. The molecule has 0 saturated heterocycles. The number of anilines is 1. The van der Waals surface area contributed by atoms with Crippen molar-refractivity contribution in [2.45, 2.75) is 13.3 Å². The zero-order chi connectivity index (χ0) is 14.7. The molecule has 0 unspecified atom stereocenters. The monoisotopic (exact) mass is 278 g/mol. The Labute approximate surface area is 124 Å². The van der Waals surface area contributed by atoms with E-state index in [9.17, 15) is 0 Å². The Hall–Kier alpha value is -2.62. The average Bonchev–Trinajstić information content (AvgIpc) is 2.96. The summed E-state index contributed by atoms with van der Waals surface area (Å²) in [6, 6.07) is 18.1. The van der Waals surface area contributed by atoms with E-state index in [4.69, 9.17) is 0 Å². The number of nitrogens with zero attached hydrogens (tertiary/aromatic N) is 4. The minimum absolute atomic E-state index is 0.904. The van der Waals surface area contributed by atoms with Gasteiger partial charge in [0.2, 0.25) is 0 Å². The van der Waals surface area contributed by atoms with Crippen LogP contribution in [0.2, 0.25) is 0 Å². The molecule has 2 aromatic carbocycles. The first-order valence-electron chi connectivity index (χ1n) is 7.11. The highest BCUT2D eigenvalue weighted by Crippen LogP contribution is 2.20. The second-order valence-corrected chi connectivity index (χ2v) is 4.84. The Kier molecular flexibility index (Phi) is 3.69. The van der Waals surface area contributed by atoms with Gasteiger partial charge in [-0.3, -0.25) is 0 Å². The predicted molar refractivity (Wildman–Crippen MR) is 86.9 cm³/mol. The van der Waals surface area contributed by atoms with E-state index in [0.29, 0.717) is 0 Å². The Morgan fingerprint density at radius 1 is 1.00 bits per heavy atom. The van der Waals surface area contributed by atoms with Crippen LogP contribution >= 0.6 is 0 Å². The van der Waals surface area contributed by atoms with E-state index in [1.54, 1.807) is 4.80 Å². The normalized spacial score (nSPS) is 11.8. The van der Waals surface area contributed by atoms with E-state index >= 15 is 0 Å². The van der Waals surface area contributed by atoms with E-state index in [2.05, 4.69) is 40.2 Å². The molecule has 21 heavy (non-hydrogen) atoms. The molecule has 0 bridgehead atoms. The van der Waals surface area contributed by atoms with Gasteiger partial charge in [-0.1, -0.05) is 37.3 Å². The Morgan fingerprint density at radius 2 is 1.57 bits per heavy atom. The Balaban J connectivity index is 2.04. The smallest absolute Gasteiger partial charge is 0.151 e. The number of fused-ring (bicyclic) bond motifs is 1. The third kappa shape index (κ3) is 2.65. The van der Waals surface area contributed by atoms with Gasteiger partial charge in [-0.2, -0.15) is 0 Å². The van der Waals surface area contributed by atoms with Crippen LogP contribution in [0.4, 0.5) is 5.69 Å². The summed E-state index contributed by atoms with van der Waals surface area (Å²) < 4.78 is 0. The molecular weight excluding hydrogens is 260 g/mol. The molecule has 0 radical (unpaired) electrons. The van der Waals surface area contributed by atoms with Gasteiger partial charge in [-0.05, 0) is 36.8 Å². The molecule has 1 heterocycles. The van der Waals surface area contributed by atoms with Gasteiger partial charge < -0.3 is 4.90 Å². The van der Waals surface area contributed by atoms with Crippen LogP contribution in [-0.4, -0.2) is 22.0 Å². The maximum atomic E-state index is 4.57. The molecule has 106 valence electrons. The van der Waals surface area contributed by atoms with Crippen LogP contribution in [0.3, 0.4) is 0 Å². The van der Waals surface area contributed by atoms with Gasteiger partial charge in [-0.15, -0.1) is 15.0 Å². The highest BCUT2D eigenvalue weighted by atomic mass is 15.5. The van der Waals surface area contributed by atoms with Crippen LogP contribution in [0, 0.1) is 0 Å². The summed E-state index contributed by atoms with van der Waals surface area (Å²) in [5.74, 6) is 0.958. The van der Waals surface area contributed by atoms with Crippen molar-refractivity contribution in [3.63, 3.8) is 0 Å². The van der Waals surface area contributed by atoms with E-state index in [-0.39, 0.29) is 0 Å². The zero-order valence-electron chi connectivity index (χ0n) is 12.3. The van der Waals surface area contributed by atoms with E-state index < -0.39 is 0 Å². The lowest BCUT2D eigenvalue weighted by molar-refractivity contribution is 0.757. The molecule has 0 saturated carbocycles. The highest BCUT2D eigenvalue weighted by molar-refractivity contribution is 5.75. The molecule has 0 N–H and O–H groups in total. The molecule has 0 aliphatic rings. The first-order valence-corrected chi connectivity index (χ1v) is 7.11. The van der Waals surface area contributed by atoms with Crippen molar-refractivity contribution in [2.75, 3.05) is 11.9 Å². The van der Waals surface area contributed by atoms with Crippen LogP contribution in [0.5, 0.6) is 0 Å². The molecule has 0 fully saturated rings. The van der Waals surface area contributed by atoms with Crippen molar-refractivity contribution in [1.82, 2.24) is 15.0 Å². The molecule has 0 amide bonds. The van der Waals surface area contributed by atoms with Gasteiger partial charge in [0, 0.05) is 12.7 Å². The first kappa shape index (κ1) is 13.4. The minimum atomic E-state index is 0.904. The van der Waals surface area contributed by atoms with Crippen LogP contribution in [0.15, 0.2) is 60.7 Å². The summed E-state index contributed by atoms with van der Waals surface area (Å²) >= 11 is 0. The Morgan fingerprint density at radius 3 is 2.14 bits per heavy atom. The molecule has 3 rings (SSSR count). The van der Waals surface area contributed by atoms with Crippen LogP contribution in [0.25, 0.3) is 16.9 Å². The average molecular weight is 278 g/mol. The van der Waals surface area contributed by atoms with Crippen LogP contribution in [-0.2, 0) is 0 Å². The van der Waals surface area contributed by atoms with Crippen molar-refractivity contribution in [1.29, 1.82) is 0 Å². The van der Waals surface area contributed by atoms with Gasteiger partial charge in [0.25, 0.3) is 0 Å². The lowest BCUT2D eigenvalue weighted by Gasteiger charge is -2.21. The zero-order valence-corrected chi connectivity index (χ0v) is 12.3. The Bertz CT molecular complexity index is 726. The predicted octanol–water partition coefficient (Wildman–Crippen LogP) is 3.78. The summed E-state index contributed by atoms with van der Waals surface area (Å²) in [7, 11) is 2.03. The van der Waals surface area contributed by atoms with Gasteiger partial charge >= 0.3 is 0 Å². The third-order valence-corrected chi connectivity index (χ3v) is 3.37. The number of para-hydroxylation sites is 1. The van der Waals surface area contributed by atoms with Crippen LogP contribution < -0.4 is 4.90 Å². The maximum absolute atomic E-state index is 4.57. The number of aromatic nitrogens is 3. The van der Waals surface area contributed by atoms with Crippen molar-refractivity contribution >= 4 is 22.5 Å². The van der Waals surface area contributed by atoms with E-state index in [1.807, 2.05) is 49.5 Å². The fourth-order valence-electron chi connectivity index (χ4n) is 2.28. The second-order valence-electron chi connectivity index (χ2n) is 4.84. The summed E-state index contributed by atoms with van der Waals surface area (Å²) in [5.41, 5.74) is 2.92. The summed E-state index contributed by atoms with van der Waals surface area (Å²) in [4.78, 5) is 3.81. The van der Waals surface area contributed by atoms with Gasteiger partial charge in [0.15, 0.2) is 5.82 Å². The van der Waals surface area contributed by atoms with Crippen molar-refractivity contribution in [2.24, 2.45) is 0 Å². The van der Waals surface area contributed by atoms with Crippen molar-refractivity contribution in [3.8, 4) is 0 Å². The number of hydrogen-bond donors (Lipinski definition) is 0. The molecule has 4 heteroatoms. The molecule has 3 aromatic rings. The van der Waals surface area contributed by atoms with Crippen LogP contribution in [0.1, 0.15) is 13.3 Å². The summed E-state index contributed by atoms with van der Waals surface area (Å²) in [6.45, 7) is 2.11.